The van der Waals surface area contributed by atoms with Gasteiger partial charge in [-0.05, 0) is 24.6 Å². The van der Waals surface area contributed by atoms with Gasteiger partial charge < -0.3 is 24.7 Å². The van der Waals surface area contributed by atoms with E-state index < -0.39 is 0 Å². The lowest BCUT2D eigenvalue weighted by atomic mass is 10.2. The minimum atomic E-state index is 0.285. The molecule has 8 heteroatoms. The van der Waals surface area contributed by atoms with Gasteiger partial charge in [-0.1, -0.05) is 6.07 Å². The molecular formula is C15H20N6O2. The first-order valence-electron chi connectivity index (χ1n) is 7.50. The van der Waals surface area contributed by atoms with E-state index in [2.05, 4.69) is 32.7 Å². The number of nitrogens with one attached hydrogen (secondary N) is 2. The van der Waals surface area contributed by atoms with E-state index in [-0.39, 0.29) is 6.79 Å². The van der Waals surface area contributed by atoms with Crippen LogP contribution in [0.1, 0.15) is 18.3 Å². The highest BCUT2D eigenvalue weighted by molar-refractivity contribution is 5.79. The standard InChI is InChI=1S/C15H20N6O2/c1-3-21-9-19-20-14(21)8-18-15(16-2)17-7-11-4-5-12-13(6-11)23-10-22-12/h4-6,9H,3,7-8,10H2,1-2H3,(H2,16,17,18). The zero-order valence-corrected chi connectivity index (χ0v) is 13.2. The summed E-state index contributed by atoms with van der Waals surface area (Å²) in [5.74, 6) is 3.14. The van der Waals surface area contributed by atoms with Crippen LogP contribution in [0.15, 0.2) is 29.5 Å². The van der Waals surface area contributed by atoms with E-state index in [0.717, 1.165) is 29.4 Å². The first-order chi connectivity index (χ1) is 11.3. The summed E-state index contributed by atoms with van der Waals surface area (Å²) in [5.41, 5.74) is 1.09. The van der Waals surface area contributed by atoms with Crippen molar-refractivity contribution in [3.63, 3.8) is 0 Å². The Kier molecular flexibility index (Phi) is 4.60. The molecule has 2 aromatic rings. The molecule has 0 unspecified atom stereocenters. The first kappa shape index (κ1) is 15.1. The van der Waals surface area contributed by atoms with Crippen LogP contribution in [0.3, 0.4) is 0 Å². The molecule has 0 spiro atoms. The number of ether oxygens (including phenoxy) is 2. The summed E-state index contributed by atoms with van der Waals surface area (Å²) >= 11 is 0. The van der Waals surface area contributed by atoms with Crippen molar-refractivity contribution in [2.24, 2.45) is 4.99 Å². The van der Waals surface area contributed by atoms with Crippen molar-refractivity contribution < 1.29 is 9.47 Å². The molecule has 0 saturated heterocycles. The van der Waals surface area contributed by atoms with Crippen LogP contribution in [0, 0.1) is 0 Å². The molecule has 122 valence electrons. The van der Waals surface area contributed by atoms with Crippen molar-refractivity contribution in [2.45, 2.75) is 26.6 Å². The minimum Gasteiger partial charge on any atom is -0.454 e. The molecule has 2 N–H and O–H groups in total. The Morgan fingerprint density at radius 1 is 1.26 bits per heavy atom. The predicted octanol–water partition coefficient (Wildman–Crippen LogP) is 0.892. The molecule has 0 radical (unpaired) electrons. The molecule has 8 nitrogen and oxygen atoms in total. The van der Waals surface area contributed by atoms with Crippen LogP contribution < -0.4 is 20.1 Å². The summed E-state index contributed by atoms with van der Waals surface area (Å²) in [5, 5.41) is 14.5. The van der Waals surface area contributed by atoms with Crippen LogP contribution in [0.4, 0.5) is 0 Å². The summed E-state index contributed by atoms with van der Waals surface area (Å²) in [4.78, 5) is 4.21. The van der Waals surface area contributed by atoms with Crippen molar-refractivity contribution in [2.75, 3.05) is 13.8 Å². The van der Waals surface area contributed by atoms with Crippen LogP contribution in [0.25, 0.3) is 0 Å². The summed E-state index contributed by atoms with van der Waals surface area (Å²) < 4.78 is 12.7. The second kappa shape index (κ2) is 6.99. The van der Waals surface area contributed by atoms with Gasteiger partial charge in [0.2, 0.25) is 6.79 Å². The van der Waals surface area contributed by atoms with Gasteiger partial charge in [-0.3, -0.25) is 4.99 Å². The molecular weight excluding hydrogens is 296 g/mol. The molecule has 0 bridgehead atoms. The van der Waals surface area contributed by atoms with Crippen molar-refractivity contribution in [3.8, 4) is 11.5 Å². The van der Waals surface area contributed by atoms with E-state index in [1.165, 1.54) is 0 Å². The SMILES string of the molecule is CCn1cnnc1CNC(=NC)NCc1ccc2c(c1)OCO2. The molecule has 1 aliphatic heterocycles. The topological polar surface area (TPSA) is 85.6 Å². The fourth-order valence-corrected chi connectivity index (χ4v) is 2.30. The molecule has 23 heavy (non-hydrogen) atoms. The summed E-state index contributed by atoms with van der Waals surface area (Å²) in [6.45, 7) is 4.38. The van der Waals surface area contributed by atoms with E-state index in [1.54, 1.807) is 13.4 Å². The van der Waals surface area contributed by atoms with Gasteiger partial charge >= 0.3 is 0 Å². The normalized spacial score (nSPS) is 13.2. The highest BCUT2D eigenvalue weighted by Crippen LogP contribution is 2.32. The number of nitrogens with zero attached hydrogens (tertiary/aromatic N) is 4. The number of fused-ring (bicyclic) bond motifs is 1. The van der Waals surface area contributed by atoms with Gasteiger partial charge in [0.25, 0.3) is 0 Å². The Bertz CT molecular complexity index is 697. The zero-order valence-electron chi connectivity index (χ0n) is 13.2. The smallest absolute Gasteiger partial charge is 0.231 e. The van der Waals surface area contributed by atoms with Crippen LogP contribution >= 0.6 is 0 Å². The first-order valence-corrected chi connectivity index (χ1v) is 7.50. The third-order valence-corrected chi connectivity index (χ3v) is 3.57. The van der Waals surface area contributed by atoms with Crippen molar-refractivity contribution in [1.29, 1.82) is 0 Å². The Balaban J connectivity index is 1.54. The molecule has 0 amide bonds. The maximum Gasteiger partial charge on any atom is 0.231 e. The zero-order chi connectivity index (χ0) is 16.1. The van der Waals surface area contributed by atoms with E-state index >= 15 is 0 Å². The fourth-order valence-electron chi connectivity index (χ4n) is 2.30. The van der Waals surface area contributed by atoms with Crippen molar-refractivity contribution in [1.82, 2.24) is 25.4 Å². The third kappa shape index (κ3) is 3.53. The third-order valence-electron chi connectivity index (χ3n) is 3.57. The lowest BCUT2D eigenvalue weighted by Gasteiger charge is -2.12. The van der Waals surface area contributed by atoms with Crippen LogP contribution in [0.5, 0.6) is 11.5 Å². The molecule has 1 aromatic heterocycles. The average Bonchev–Trinajstić information content (AvgIpc) is 3.23. The van der Waals surface area contributed by atoms with E-state index in [9.17, 15) is 0 Å². The van der Waals surface area contributed by atoms with E-state index in [4.69, 9.17) is 9.47 Å². The molecule has 2 heterocycles. The van der Waals surface area contributed by atoms with Gasteiger partial charge in [0.05, 0.1) is 6.54 Å². The number of aromatic nitrogens is 3. The van der Waals surface area contributed by atoms with Crippen molar-refractivity contribution in [3.05, 3.63) is 35.9 Å². The highest BCUT2D eigenvalue weighted by atomic mass is 16.7. The summed E-state index contributed by atoms with van der Waals surface area (Å²) in [7, 11) is 1.74. The summed E-state index contributed by atoms with van der Waals surface area (Å²) in [6.07, 6.45) is 1.72. The second-order valence-electron chi connectivity index (χ2n) is 5.00. The van der Waals surface area contributed by atoms with Gasteiger partial charge in [-0.25, -0.2) is 0 Å². The maximum atomic E-state index is 5.38. The van der Waals surface area contributed by atoms with Gasteiger partial charge in [-0.15, -0.1) is 10.2 Å². The van der Waals surface area contributed by atoms with E-state index in [1.807, 2.05) is 22.8 Å². The number of aryl methyl sites for hydroxylation is 1. The Morgan fingerprint density at radius 2 is 2.09 bits per heavy atom. The number of hydrogen-bond donors (Lipinski definition) is 2. The molecule has 0 fully saturated rings. The monoisotopic (exact) mass is 316 g/mol. The molecule has 0 aliphatic carbocycles. The quantitative estimate of drug-likeness (QED) is 0.629. The van der Waals surface area contributed by atoms with Gasteiger partial charge in [0, 0.05) is 20.1 Å². The van der Waals surface area contributed by atoms with E-state index in [0.29, 0.717) is 19.0 Å². The number of aliphatic imine (C=N–C) groups is 1. The molecule has 1 aliphatic rings. The molecule has 1 aromatic carbocycles. The second-order valence-corrected chi connectivity index (χ2v) is 5.00. The highest BCUT2D eigenvalue weighted by Gasteiger charge is 2.13. The lowest BCUT2D eigenvalue weighted by Crippen LogP contribution is -2.37. The Labute approximate surface area is 134 Å². The summed E-state index contributed by atoms with van der Waals surface area (Å²) in [6, 6.07) is 5.89. The van der Waals surface area contributed by atoms with Gasteiger partial charge in [0.1, 0.15) is 6.33 Å². The average molecular weight is 316 g/mol. The van der Waals surface area contributed by atoms with Gasteiger partial charge in [0.15, 0.2) is 23.3 Å². The Morgan fingerprint density at radius 3 is 2.91 bits per heavy atom. The number of rotatable bonds is 5. The van der Waals surface area contributed by atoms with Crippen molar-refractivity contribution >= 4 is 5.96 Å². The predicted molar refractivity (Wildman–Crippen MR) is 85.3 cm³/mol. The largest absolute Gasteiger partial charge is 0.454 e. The van der Waals surface area contributed by atoms with Crippen LogP contribution in [-0.4, -0.2) is 34.6 Å². The molecule has 0 atom stereocenters. The molecule has 3 rings (SSSR count). The van der Waals surface area contributed by atoms with Crippen LogP contribution in [-0.2, 0) is 19.6 Å². The van der Waals surface area contributed by atoms with Gasteiger partial charge in [-0.2, -0.15) is 0 Å². The number of hydrogen-bond acceptors (Lipinski definition) is 5. The fraction of sp³-hybridized carbons (Fsp3) is 0.400. The minimum absolute atomic E-state index is 0.285. The lowest BCUT2D eigenvalue weighted by molar-refractivity contribution is 0.174. The molecule has 0 saturated carbocycles. The Hall–Kier alpha value is -2.77. The number of benzene rings is 1. The van der Waals surface area contributed by atoms with Crippen LogP contribution in [0.2, 0.25) is 0 Å². The number of guanidine groups is 1. The maximum absolute atomic E-state index is 5.38.